The van der Waals surface area contributed by atoms with Gasteiger partial charge >= 0.3 is 0 Å². The molecule has 0 amide bonds. The molecule has 0 atom stereocenters. The van der Waals surface area contributed by atoms with Gasteiger partial charge in [-0.3, -0.25) is 24.8 Å². The van der Waals surface area contributed by atoms with E-state index in [0.717, 1.165) is 6.07 Å². The number of aromatic nitrogens is 2. The Bertz CT molecular complexity index is 677. The molecule has 0 saturated carbocycles. The first-order valence-electron chi connectivity index (χ1n) is 5.36. The Morgan fingerprint density at radius 1 is 1.16 bits per heavy atom. The molecule has 0 unspecified atom stereocenters. The van der Waals surface area contributed by atoms with E-state index >= 15 is 0 Å². The fourth-order valence-corrected chi connectivity index (χ4v) is 1.84. The van der Waals surface area contributed by atoms with Crippen molar-refractivity contribution in [1.82, 2.24) is 9.55 Å². The molecule has 0 radical (unpaired) electrons. The zero-order valence-electron chi connectivity index (χ0n) is 10.2. The van der Waals surface area contributed by atoms with Gasteiger partial charge in [-0.05, 0) is 19.9 Å². The summed E-state index contributed by atoms with van der Waals surface area (Å²) in [5.74, 6) is 0.578. The van der Waals surface area contributed by atoms with Gasteiger partial charge in [0.15, 0.2) is 0 Å². The first-order valence-corrected chi connectivity index (χ1v) is 5.36. The molecular weight excluding hydrogens is 252 g/mol. The summed E-state index contributed by atoms with van der Waals surface area (Å²) in [6.45, 7) is 3.47. The number of nitro groups is 2. The van der Waals surface area contributed by atoms with Gasteiger partial charge in [0.1, 0.15) is 11.5 Å². The van der Waals surface area contributed by atoms with Crippen molar-refractivity contribution < 1.29 is 9.85 Å². The van der Waals surface area contributed by atoms with Crippen molar-refractivity contribution in [2.75, 3.05) is 0 Å². The molecule has 0 fully saturated rings. The van der Waals surface area contributed by atoms with Gasteiger partial charge in [0.25, 0.3) is 11.4 Å². The lowest BCUT2D eigenvalue weighted by atomic mass is 10.2. The molecule has 8 heteroatoms. The third-order valence-electron chi connectivity index (χ3n) is 2.63. The Morgan fingerprint density at radius 3 is 2.32 bits per heavy atom. The number of non-ortho nitro benzene ring substituents is 1. The van der Waals surface area contributed by atoms with E-state index in [-0.39, 0.29) is 17.1 Å². The summed E-state index contributed by atoms with van der Waals surface area (Å²) in [7, 11) is 0. The van der Waals surface area contributed by atoms with Crippen LogP contribution in [0.25, 0.3) is 5.69 Å². The molecule has 2 rings (SSSR count). The Kier molecular flexibility index (Phi) is 2.99. The van der Waals surface area contributed by atoms with Crippen molar-refractivity contribution in [2.24, 2.45) is 0 Å². The van der Waals surface area contributed by atoms with Gasteiger partial charge in [-0.25, -0.2) is 4.98 Å². The van der Waals surface area contributed by atoms with E-state index in [1.54, 1.807) is 20.0 Å². The number of nitro benzene ring substituents is 2. The smallest absolute Gasteiger partial charge is 0.298 e. The molecule has 0 spiro atoms. The lowest BCUT2D eigenvalue weighted by molar-refractivity contribution is -0.394. The molecular formula is C11H10N4O4. The largest absolute Gasteiger partial charge is 0.300 e. The molecule has 0 aliphatic rings. The standard InChI is InChI=1S/C11H10N4O4/c1-7-6-13(8(2)12-7)10-4-3-9(14(16)17)5-11(10)15(18)19/h3-6H,1-2H3. The minimum atomic E-state index is -0.664. The Balaban J connectivity index is 2.66. The molecule has 2 aromatic rings. The summed E-state index contributed by atoms with van der Waals surface area (Å²) < 4.78 is 1.54. The molecule has 19 heavy (non-hydrogen) atoms. The molecule has 1 aromatic carbocycles. The topological polar surface area (TPSA) is 104 Å². The second-order valence-electron chi connectivity index (χ2n) is 3.99. The van der Waals surface area contributed by atoms with Crippen LogP contribution in [-0.2, 0) is 0 Å². The quantitative estimate of drug-likeness (QED) is 0.623. The second-order valence-corrected chi connectivity index (χ2v) is 3.99. The van der Waals surface area contributed by atoms with E-state index < -0.39 is 9.85 Å². The predicted octanol–water partition coefficient (Wildman–Crippen LogP) is 2.31. The van der Waals surface area contributed by atoms with E-state index in [0.29, 0.717) is 11.5 Å². The van der Waals surface area contributed by atoms with Gasteiger partial charge in [0.2, 0.25) is 0 Å². The van der Waals surface area contributed by atoms with Crippen molar-refractivity contribution in [1.29, 1.82) is 0 Å². The maximum absolute atomic E-state index is 11.0. The SMILES string of the molecule is Cc1cn(-c2ccc([N+](=O)[O-])cc2[N+](=O)[O-])c(C)n1. The Hall–Kier alpha value is -2.77. The van der Waals surface area contributed by atoms with Crippen LogP contribution >= 0.6 is 0 Å². The molecule has 1 heterocycles. The maximum atomic E-state index is 11.0. The fraction of sp³-hybridized carbons (Fsp3) is 0.182. The summed E-state index contributed by atoms with van der Waals surface area (Å²) in [5, 5.41) is 21.7. The first-order chi connectivity index (χ1) is 8.90. The number of imidazole rings is 1. The number of nitrogens with zero attached hydrogens (tertiary/aromatic N) is 4. The maximum Gasteiger partial charge on any atom is 0.300 e. The van der Waals surface area contributed by atoms with Crippen LogP contribution in [0.3, 0.4) is 0 Å². The third-order valence-corrected chi connectivity index (χ3v) is 2.63. The van der Waals surface area contributed by atoms with Gasteiger partial charge in [0, 0.05) is 12.3 Å². The molecule has 98 valence electrons. The number of hydrogen-bond donors (Lipinski definition) is 0. The fourth-order valence-electron chi connectivity index (χ4n) is 1.84. The van der Waals surface area contributed by atoms with Gasteiger partial charge in [-0.2, -0.15) is 0 Å². The third kappa shape index (κ3) is 2.28. The molecule has 0 aliphatic carbocycles. The van der Waals surface area contributed by atoms with Crippen LogP contribution in [0.4, 0.5) is 11.4 Å². The highest BCUT2D eigenvalue weighted by Gasteiger charge is 2.21. The minimum absolute atomic E-state index is 0.258. The lowest BCUT2D eigenvalue weighted by Gasteiger charge is -2.05. The van der Waals surface area contributed by atoms with Crippen LogP contribution in [0.1, 0.15) is 11.5 Å². The van der Waals surface area contributed by atoms with E-state index in [2.05, 4.69) is 4.98 Å². The molecule has 0 N–H and O–H groups in total. The van der Waals surface area contributed by atoms with Crippen LogP contribution in [0.5, 0.6) is 0 Å². The minimum Gasteiger partial charge on any atom is -0.298 e. The zero-order valence-corrected chi connectivity index (χ0v) is 10.2. The van der Waals surface area contributed by atoms with E-state index in [9.17, 15) is 20.2 Å². The molecule has 0 saturated heterocycles. The van der Waals surface area contributed by atoms with Gasteiger partial charge in [0.05, 0.1) is 21.6 Å². The number of hydrogen-bond acceptors (Lipinski definition) is 5. The second kappa shape index (κ2) is 4.48. The average molecular weight is 262 g/mol. The summed E-state index contributed by atoms with van der Waals surface area (Å²) in [4.78, 5) is 24.5. The van der Waals surface area contributed by atoms with Gasteiger partial charge in [-0.1, -0.05) is 0 Å². The molecule has 0 aliphatic heterocycles. The highest BCUT2D eigenvalue weighted by atomic mass is 16.6. The number of aryl methyl sites for hydroxylation is 2. The van der Waals surface area contributed by atoms with Crippen LogP contribution in [0.15, 0.2) is 24.4 Å². The summed E-state index contributed by atoms with van der Waals surface area (Å²) in [5.41, 5.74) is 0.332. The summed E-state index contributed by atoms with van der Waals surface area (Å²) in [6, 6.07) is 3.53. The highest BCUT2D eigenvalue weighted by Crippen LogP contribution is 2.28. The normalized spacial score (nSPS) is 10.4. The Morgan fingerprint density at radius 2 is 1.84 bits per heavy atom. The highest BCUT2D eigenvalue weighted by molar-refractivity contribution is 5.58. The van der Waals surface area contributed by atoms with Crippen LogP contribution < -0.4 is 0 Å². The first kappa shape index (κ1) is 12.7. The van der Waals surface area contributed by atoms with E-state index in [1.165, 1.54) is 16.7 Å². The average Bonchev–Trinajstić information content (AvgIpc) is 2.67. The van der Waals surface area contributed by atoms with Crippen LogP contribution in [-0.4, -0.2) is 19.4 Å². The number of benzene rings is 1. The molecule has 0 bridgehead atoms. The van der Waals surface area contributed by atoms with Crippen molar-refractivity contribution >= 4 is 11.4 Å². The van der Waals surface area contributed by atoms with Crippen molar-refractivity contribution in [3.63, 3.8) is 0 Å². The van der Waals surface area contributed by atoms with Crippen molar-refractivity contribution in [3.8, 4) is 5.69 Å². The molecule has 1 aromatic heterocycles. The van der Waals surface area contributed by atoms with Crippen LogP contribution in [0, 0.1) is 34.1 Å². The molecule has 8 nitrogen and oxygen atoms in total. The summed E-state index contributed by atoms with van der Waals surface area (Å²) >= 11 is 0. The van der Waals surface area contributed by atoms with E-state index in [4.69, 9.17) is 0 Å². The zero-order chi connectivity index (χ0) is 14.2. The van der Waals surface area contributed by atoms with Crippen molar-refractivity contribution in [3.05, 3.63) is 56.1 Å². The van der Waals surface area contributed by atoms with Gasteiger partial charge in [-0.15, -0.1) is 0 Å². The van der Waals surface area contributed by atoms with Crippen molar-refractivity contribution in [2.45, 2.75) is 13.8 Å². The van der Waals surface area contributed by atoms with E-state index in [1.807, 2.05) is 0 Å². The predicted molar refractivity (Wildman–Crippen MR) is 66.3 cm³/mol. The van der Waals surface area contributed by atoms with Crippen LogP contribution in [0.2, 0.25) is 0 Å². The number of rotatable bonds is 3. The lowest BCUT2D eigenvalue weighted by Crippen LogP contribution is -2.02. The summed E-state index contributed by atoms with van der Waals surface area (Å²) in [6.07, 6.45) is 1.64. The Labute approximate surface area is 107 Å². The van der Waals surface area contributed by atoms with Gasteiger partial charge < -0.3 is 0 Å². The monoisotopic (exact) mass is 262 g/mol.